The molecule has 2 aromatic carbocycles. The maximum Gasteiger partial charge on any atom is 0.337 e. The van der Waals surface area contributed by atoms with E-state index in [2.05, 4.69) is 26.1 Å². The number of benzene rings is 2. The Balaban J connectivity index is 2.21. The van der Waals surface area contributed by atoms with E-state index in [0.29, 0.717) is 23.7 Å². The molecular formula is C32H35FO4. The topological polar surface area (TPSA) is 44.8 Å². The molecule has 0 radical (unpaired) electrons. The molecule has 0 aromatic heterocycles. The molecule has 0 atom stereocenters. The third-order valence-corrected chi connectivity index (χ3v) is 5.67. The summed E-state index contributed by atoms with van der Waals surface area (Å²) in [5, 5.41) is 0. The molecule has 0 saturated heterocycles. The molecule has 37 heavy (non-hydrogen) atoms. The van der Waals surface area contributed by atoms with E-state index in [1.165, 1.54) is 25.3 Å². The molecule has 0 heterocycles. The molecule has 194 valence electrons. The number of hydrogen-bond donors (Lipinski definition) is 0. The first kappa shape index (κ1) is 29.1. The van der Waals surface area contributed by atoms with Gasteiger partial charge < -0.3 is 14.2 Å². The highest BCUT2D eigenvalue weighted by Gasteiger charge is 2.12. The van der Waals surface area contributed by atoms with Gasteiger partial charge >= 0.3 is 5.97 Å². The Morgan fingerprint density at radius 2 is 1.81 bits per heavy atom. The summed E-state index contributed by atoms with van der Waals surface area (Å²) in [6, 6.07) is 10.1. The first-order chi connectivity index (χ1) is 17.7. The fourth-order valence-electron chi connectivity index (χ4n) is 3.49. The lowest BCUT2D eigenvalue weighted by Gasteiger charge is -2.15. The van der Waals surface area contributed by atoms with E-state index in [0.717, 1.165) is 22.3 Å². The van der Waals surface area contributed by atoms with Crippen molar-refractivity contribution in [2.75, 3.05) is 7.11 Å². The second-order valence-electron chi connectivity index (χ2n) is 8.30. The van der Waals surface area contributed by atoms with Crippen LogP contribution < -0.4 is 0 Å². The lowest BCUT2D eigenvalue weighted by molar-refractivity contribution is 0.0600. The van der Waals surface area contributed by atoms with Crippen molar-refractivity contribution < 1.29 is 23.4 Å². The molecule has 0 spiro atoms. The SMILES string of the molecule is C=C/C(=C\C=C/C)c1cccc(COC(=C/C)/C=C(/OCc2cc(C(=O)OC)ccc2F)C(=C)C)c1C. The normalized spacial score (nSPS) is 12.4. The Hall–Kier alpha value is -4.12. The summed E-state index contributed by atoms with van der Waals surface area (Å²) >= 11 is 0. The zero-order chi connectivity index (χ0) is 27.4. The summed E-state index contributed by atoms with van der Waals surface area (Å²) in [4.78, 5) is 11.8. The van der Waals surface area contributed by atoms with Crippen LogP contribution in [0.3, 0.4) is 0 Å². The minimum atomic E-state index is -0.543. The Morgan fingerprint density at radius 1 is 1.08 bits per heavy atom. The lowest BCUT2D eigenvalue weighted by atomic mass is 9.96. The van der Waals surface area contributed by atoms with Crippen molar-refractivity contribution in [1.82, 2.24) is 0 Å². The smallest absolute Gasteiger partial charge is 0.337 e. The second kappa shape index (κ2) is 14.4. The monoisotopic (exact) mass is 502 g/mol. The standard InChI is InChI=1S/C32H35FO4/c1-8-11-13-24(9-2)29-15-12-14-26(23(29)6)20-36-28(10-3)19-31(22(4)5)37-21-27-18-25(32(34)35-7)16-17-30(27)33/h8-19H,2,4,20-21H2,1,3,5-7H3/b11-8-,24-13+,28-10+,31-19+. The predicted octanol–water partition coefficient (Wildman–Crippen LogP) is 8.16. The van der Waals surface area contributed by atoms with Gasteiger partial charge in [0.1, 0.15) is 30.5 Å². The van der Waals surface area contributed by atoms with Gasteiger partial charge in [0.05, 0.1) is 12.7 Å². The van der Waals surface area contributed by atoms with Crippen LogP contribution in [0.15, 0.2) is 103 Å². The summed E-state index contributed by atoms with van der Waals surface area (Å²) in [7, 11) is 1.28. The summed E-state index contributed by atoms with van der Waals surface area (Å²) in [5.74, 6) is 0.0111. The van der Waals surface area contributed by atoms with Gasteiger partial charge in [-0.15, -0.1) is 0 Å². The van der Waals surface area contributed by atoms with Crippen molar-refractivity contribution in [1.29, 1.82) is 0 Å². The molecule has 0 fully saturated rings. The lowest BCUT2D eigenvalue weighted by Crippen LogP contribution is -2.05. The zero-order valence-corrected chi connectivity index (χ0v) is 22.3. The van der Waals surface area contributed by atoms with E-state index in [1.807, 2.05) is 56.4 Å². The Kier molecular flexibility index (Phi) is 11.4. The molecule has 0 aliphatic rings. The number of halogens is 1. The molecule has 0 saturated carbocycles. The van der Waals surface area contributed by atoms with E-state index in [1.54, 1.807) is 13.0 Å². The third kappa shape index (κ3) is 8.21. The van der Waals surface area contributed by atoms with Crippen LogP contribution in [0, 0.1) is 12.7 Å². The van der Waals surface area contributed by atoms with Crippen molar-refractivity contribution in [3.8, 4) is 0 Å². The Labute approximate surface area is 219 Å². The van der Waals surface area contributed by atoms with Gasteiger partial charge in [-0.2, -0.15) is 0 Å². The van der Waals surface area contributed by atoms with Crippen molar-refractivity contribution >= 4 is 11.5 Å². The fraction of sp³-hybridized carbons (Fsp3) is 0.219. The number of carbonyl (C=O) groups excluding carboxylic acids is 1. The van der Waals surface area contributed by atoms with Gasteiger partial charge in [0.25, 0.3) is 0 Å². The van der Waals surface area contributed by atoms with Gasteiger partial charge in [-0.3, -0.25) is 0 Å². The number of ether oxygens (including phenoxy) is 3. The molecule has 0 unspecified atom stereocenters. The Morgan fingerprint density at radius 3 is 2.43 bits per heavy atom. The predicted molar refractivity (Wildman–Crippen MR) is 148 cm³/mol. The third-order valence-electron chi connectivity index (χ3n) is 5.67. The first-order valence-electron chi connectivity index (χ1n) is 12.0. The maximum absolute atomic E-state index is 14.3. The van der Waals surface area contributed by atoms with Crippen molar-refractivity contribution in [3.63, 3.8) is 0 Å². The number of allylic oxidation sites excluding steroid dienone is 8. The molecule has 2 aromatic rings. The van der Waals surface area contributed by atoms with E-state index in [9.17, 15) is 9.18 Å². The minimum Gasteiger partial charge on any atom is -0.489 e. The molecule has 0 bridgehead atoms. The van der Waals surface area contributed by atoms with Gasteiger partial charge in [-0.1, -0.05) is 55.7 Å². The molecular weight excluding hydrogens is 467 g/mol. The van der Waals surface area contributed by atoms with Crippen LogP contribution in [-0.2, 0) is 27.4 Å². The largest absolute Gasteiger partial charge is 0.489 e. The molecule has 0 aliphatic carbocycles. The summed E-state index contributed by atoms with van der Waals surface area (Å²) in [6.07, 6.45) is 11.4. The van der Waals surface area contributed by atoms with Crippen LogP contribution >= 0.6 is 0 Å². The number of esters is 1. The number of methoxy groups -OCH3 is 1. The van der Waals surface area contributed by atoms with E-state index in [4.69, 9.17) is 14.2 Å². The molecule has 0 amide bonds. The van der Waals surface area contributed by atoms with Gasteiger partial charge in [0.15, 0.2) is 0 Å². The highest BCUT2D eigenvalue weighted by molar-refractivity contribution is 5.89. The molecule has 4 nitrogen and oxygen atoms in total. The van der Waals surface area contributed by atoms with Gasteiger partial charge in [-0.25, -0.2) is 9.18 Å². The highest BCUT2D eigenvalue weighted by Crippen LogP contribution is 2.25. The average Bonchev–Trinajstić information content (AvgIpc) is 2.90. The van der Waals surface area contributed by atoms with Crippen LogP contribution in [0.5, 0.6) is 0 Å². The molecule has 5 heteroatoms. The fourth-order valence-corrected chi connectivity index (χ4v) is 3.49. The molecule has 2 rings (SSSR count). The van der Waals surface area contributed by atoms with Crippen molar-refractivity contribution in [2.24, 2.45) is 0 Å². The summed E-state index contributed by atoms with van der Waals surface area (Å²) in [5.41, 5.74) is 5.40. The van der Waals surface area contributed by atoms with Crippen molar-refractivity contribution in [2.45, 2.75) is 40.9 Å². The minimum absolute atomic E-state index is 0.0869. The van der Waals surface area contributed by atoms with E-state index in [-0.39, 0.29) is 17.7 Å². The van der Waals surface area contributed by atoms with E-state index >= 15 is 0 Å². The summed E-state index contributed by atoms with van der Waals surface area (Å²) in [6.45, 7) is 15.9. The van der Waals surface area contributed by atoms with Crippen LogP contribution in [-0.4, -0.2) is 13.1 Å². The van der Waals surface area contributed by atoms with Gasteiger partial charge in [0.2, 0.25) is 0 Å². The highest BCUT2D eigenvalue weighted by atomic mass is 19.1. The number of hydrogen-bond acceptors (Lipinski definition) is 4. The van der Waals surface area contributed by atoms with Crippen LogP contribution in [0.2, 0.25) is 0 Å². The van der Waals surface area contributed by atoms with Crippen LogP contribution in [0.25, 0.3) is 5.57 Å². The number of rotatable bonds is 12. The first-order valence-corrected chi connectivity index (χ1v) is 12.0. The van der Waals surface area contributed by atoms with Crippen LogP contribution in [0.4, 0.5) is 4.39 Å². The summed E-state index contributed by atoms with van der Waals surface area (Å²) < 4.78 is 31.0. The second-order valence-corrected chi connectivity index (χ2v) is 8.30. The van der Waals surface area contributed by atoms with Gasteiger partial charge in [0, 0.05) is 11.6 Å². The zero-order valence-electron chi connectivity index (χ0n) is 22.3. The maximum atomic E-state index is 14.3. The quantitative estimate of drug-likeness (QED) is 0.167. The number of carbonyl (C=O) groups is 1. The van der Waals surface area contributed by atoms with Crippen LogP contribution in [0.1, 0.15) is 53.4 Å². The van der Waals surface area contributed by atoms with E-state index < -0.39 is 11.8 Å². The Bertz CT molecular complexity index is 1260. The van der Waals surface area contributed by atoms with Gasteiger partial charge in [-0.05, 0) is 79.8 Å². The average molecular weight is 503 g/mol. The molecule has 0 aliphatic heterocycles. The van der Waals surface area contributed by atoms with Crippen molar-refractivity contribution in [3.05, 3.63) is 137 Å². The molecule has 0 N–H and O–H groups in total.